The summed E-state index contributed by atoms with van der Waals surface area (Å²) >= 11 is 6.07. The van der Waals surface area contributed by atoms with E-state index in [1.165, 1.54) is 6.07 Å². The largest absolute Gasteiger partial charge is 0.462 e. The van der Waals surface area contributed by atoms with Crippen LogP contribution in [0.15, 0.2) is 64.5 Å². The number of fused-ring (bicyclic) bond motifs is 1. The van der Waals surface area contributed by atoms with Crippen LogP contribution in [0.5, 0.6) is 0 Å². The van der Waals surface area contributed by atoms with Gasteiger partial charge in [-0.1, -0.05) is 42.5 Å². The number of ether oxygens (including phenoxy) is 1. The zero-order valence-corrected chi connectivity index (χ0v) is 14.6. The fourth-order valence-corrected chi connectivity index (χ4v) is 3.85. The molecule has 0 amide bonds. The second-order valence-corrected chi connectivity index (χ2v) is 7.36. The van der Waals surface area contributed by atoms with Crippen LogP contribution in [0.25, 0.3) is 0 Å². The number of amidine groups is 1. The third kappa shape index (κ3) is 3.83. The Morgan fingerprint density at radius 1 is 1.12 bits per heavy atom. The van der Waals surface area contributed by atoms with Gasteiger partial charge in [0.25, 0.3) is 10.0 Å². The molecule has 1 aliphatic rings. The molecule has 0 saturated heterocycles. The van der Waals surface area contributed by atoms with Gasteiger partial charge in [-0.3, -0.25) is 14.5 Å². The normalized spacial score (nSPS) is 17.6. The molecule has 0 fully saturated rings. The van der Waals surface area contributed by atoms with E-state index in [9.17, 15) is 13.2 Å². The topological polar surface area (TPSA) is 84.8 Å². The van der Waals surface area contributed by atoms with Crippen LogP contribution in [0.1, 0.15) is 16.5 Å². The molecule has 0 aromatic heterocycles. The summed E-state index contributed by atoms with van der Waals surface area (Å²) in [4.78, 5) is 16.3. The predicted octanol–water partition coefficient (Wildman–Crippen LogP) is 2.25. The third-order valence-corrected chi connectivity index (χ3v) is 5.39. The van der Waals surface area contributed by atoms with E-state index in [0.29, 0.717) is 11.1 Å². The van der Waals surface area contributed by atoms with Gasteiger partial charge in [0, 0.05) is 5.56 Å². The van der Waals surface area contributed by atoms with Crippen LogP contribution in [-0.4, -0.2) is 33.4 Å². The number of nitrogens with one attached hydrogen (secondary N) is 1. The van der Waals surface area contributed by atoms with Crippen molar-refractivity contribution in [3.05, 3.63) is 65.7 Å². The second-order valence-electron chi connectivity index (χ2n) is 5.27. The number of rotatable bonds is 5. The fourth-order valence-electron chi connectivity index (χ4n) is 2.39. The second kappa shape index (κ2) is 7.25. The van der Waals surface area contributed by atoms with Gasteiger partial charge in [-0.15, -0.1) is 11.6 Å². The first-order chi connectivity index (χ1) is 12.0. The van der Waals surface area contributed by atoms with Crippen LogP contribution in [0.3, 0.4) is 0 Å². The minimum absolute atomic E-state index is 0.00226. The van der Waals surface area contributed by atoms with Crippen molar-refractivity contribution in [2.45, 2.75) is 10.3 Å². The number of sulfonamides is 1. The Balaban J connectivity index is 1.59. The highest BCUT2D eigenvalue weighted by Gasteiger charge is 2.30. The number of carbonyl (C=O) groups is 1. The summed E-state index contributed by atoms with van der Waals surface area (Å²) in [5.41, 5.74) is 1.16. The lowest BCUT2D eigenvalue weighted by Gasteiger charge is -2.09. The molecule has 8 heteroatoms. The third-order valence-electron chi connectivity index (χ3n) is 3.57. The summed E-state index contributed by atoms with van der Waals surface area (Å²) in [7, 11) is -3.57. The summed E-state index contributed by atoms with van der Waals surface area (Å²) in [5, 5.41) is -0.889. The standard InChI is InChI=1S/C17H15ClN2O4S/c18-15(12-6-2-1-3-7-12)17(21)24-11-10-19-16-13-8-4-5-9-14(13)25(22,23)20-16/h1-9,15H,10-11H2,(H,19,20). The van der Waals surface area contributed by atoms with Crippen LogP contribution in [0, 0.1) is 0 Å². The van der Waals surface area contributed by atoms with Gasteiger partial charge in [-0.2, -0.15) is 0 Å². The first kappa shape index (κ1) is 17.4. The van der Waals surface area contributed by atoms with Crippen molar-refractivity contribution in [1.29, 1.82) is 0 Å². The summed E-state index contributed by atoms with van der Waals surface area (Å²) < 4.78 is 31.4. The van der Waals surface area contributed by atoms with Gasteiger partial charge >= 0.3 is 5.97 Å². The predicted molar refractivity (Wildman–Crippen MR) is 94.2 cm³/mol. The molecule has 0 aliphatic carbocycles. The molecule has 1 N–H and O–H groups in total. The summed E-state index contributed by atoms with van der Waals surface area (Å²) in [6.07, 6.45) is 0. The highest BCUT2D eigenvalue weighted by molar-refractivity contribution is 7.90. The Bertz CT molecular complexity index is 913. The Labute approximate surface area is 150 Å². The Kier molecular flexibility index (Phi) is 5.06. The van der Waals surface area contributed by atoms with Crippen LogP contribution < -0.4 is 4.72 Å². The zero-order chi connectivity index (χ0) is 17.9. The van der Waals surface area contributed by atoms with E-state index < -0.39 is 21.4 Å². The minimum Gasteiger partial charge on any atom is -0.462 e. The van der Waals surface area contributed by atoms with Gasteiger partial charge < -0.3 is 4.74 Å². The molecule has 2 aromatic carbocycles. The van der Waals surface area contributed by atoms with Crippen LogP contribution in [-0.2, 0) is 19.6 Å². The fraction of sp³-hybridized carbons (Fsp3) is 0.176. The smallest absolute Gasteiger partial charge is 0.328 e. The number of hydrogen-bond donors (Lipinski definition) is 1. The monoisotopic (exact) mass is 378 g/mol. The van der Waals surface area contributed by atoms with Crippen molar-refractivity contribution < 1.29 is 17.9 Å². The maximum atomic E-state index is 12.0. The molecule has 0 spiro atoms. The Morgan fingerprint density at radius 3 is 2.56 bits per heavy atom. The molecule has 25 heavy (non-hydrogen) atoms. The van der Waals surface area contributed by atoms with Crippen molar-refractivity contribution in [3.63, 3.8) is 0 Å². The van der Waals surface area contributed by atoms with Crippen molar-refractivity contribution in [2.24, 2.45) is 4.99 Å². The molecule has 130 valence electrons. The van der Waals surface area contributed by atoms with Crippen molar-refractivity contribution in [3.8, 4) is 0 Å². The highest BCUT2D eigenvalue weighted by atomic mass is 35.5. The Morgan fingerprint density at radius 2 is 1.80 bits per heavy atom. The van der Waals surface area contributed by atoms with Crippen molar-refractivity contribution >= 4 is 33.4 Å². The van der Waals surface area contributed by atoms with E-state index in [2.05, 4.69) is 9.71 Å². The molecule has 3 rings (SSSR count). The van der Waals surface area contributed by atoms with E-state index in [-0.39, 0.29) is 23.9 Å². The first-order valence-corrected chi connectivity index (χ1v) is 9.43. The lowest BCUT2D eigenvalue weighted by atomic mass is 10.1. The average Bonchev–Trinajstić information content (AvgIpc) is 2.89. The number of nitrogens with zero attached hydrogens (tertiary/aromatic N) is 1. The number of carbonyl (C=O) groups excluding carboxylic acids is 1. The van der Waals surface area contributed by atoms with Gasteiger partial charge in [0.2, 0.25) is 0 Å². The van der Waals surface area contributed by atoms with Gasteiger partial charge in [0.05, 0.1) is 11.4 Å². The summed E-state index contributed by atoms with van der Waals surface area (Å²) in [5.74, 6) is -0.322. The van der Waals surface area contributed by atoms with Crippen LogP contribution >= 0.6 is 11.6 Å². The highest BCUT2D eigenvalue weighted by Crippen LogP contribution is 2.23. The average molecular weight is 379 g/mol. The van der Waals surface area contributed by atoms with E-state index in [1.807, 2.05) is 6.07 Å². The number of hydrogen-bond acceptors (Lipinski definition) is 5. The molecule has 1 unspecified atom stereocenters. The number of halogens is 1. The molecule has 0 saturated carbocycles. The van der Waals surface area contributed by atoms with Crippen molar-refractivity contribution in [1.82, 2.24) is 4.72 Å². The minimum atomic E-state index is -3.57. The molecule has 6 nitrogen and oxygen atoms in total. The zero-order valence-electron chi connectivity index (χ0n) is 13.1. The van der Waals surface area contributed by atoms with Gasteiger partial charge in [-0.25, -0.2) is 8.42 Å². The molecular weight excluding hydrogens is 364 g/mol. The molecular formula is C17H15ClN2O4S. The molecule has 1 heterocycles. The number of alkyl halides is 1. The SMILES string of the molecule is O=C(OCCN=C1NS(=O)(=O)c2ccccc21)C(Cl)c1ccccc1. The quantitative estimate of drug-likeness (QED) is 0.491. The van der Waals surface area contributed by atoms with Crippen LogP contribution in [0.4, 0.5) is 0 Å². The van der Waals surface area contributed by atoms with E-state index in [4.69, 9.17) is 16.3 Å². The van der Waals surface area contributed by atoms with E-state index in [1.54, 1.807) is 42.5 Å². The van der Waals surface area contributed by atoms with Gasteiger partial charge in [0.15, 0.2) is 5.38 Å². The Hall–Kier alpha value is -2.38. The molecule has 1 aliphatic heterocycles. The van der Waals surface area contributed by atoms with E-state index >= 15 is 0 Å². The molecule has 1 atom stereocenters. The lowest BCUT2D eigenvalue weighted by Crippen LogP contribution is -2.23. The molecule has 0 bridgehead atoms. The molecule has 2 aromatic rings. The van der Waals surface area contributed by atoms with Crippen LogP contribution in [0.2, 0.25) is 0 Å². The maximum absolute atomic E-state index is 12.0. The van der Waals surface area contributed by atoms with Gasteiger partial charge in [-0.05, 0) is 17.7 Å². The number of benzene rings is 2. The summed E-state index contributed by atoms with van der Waals surface area (Å²) in [6, 6.07) is 15.4. The van der Waals surface area contributed by atoms with Gasteiger partial charge in [0.1, 0.15) is 12.4 Å². The first-order valence-electron chi connectivity index (χ1n) is 7.51. The number of esters is 1. The van der Waals surface area contributed by atoms with E-state index in [0.717, 1.165) is 0 Å². The maximum Gasteiger partial charge on any atom is 0.328 e. The summed E-state index contributed by atoms with van der Waals surface area (Å²) in [6.45, 7) is 0.124. The van der Waals surface area contributed by atoms with Crippen molar-refractivity contribution in [2.75, 3.05) is 13.2 Å². The molecule has 0 radical (unpaired) electrons. The lowest BCUT2D eigenvalue weighted by molar-refractivity contribution is -0.143. The number of aliphatic imine (C=N–C) groups is 1.